The molecule has 3 atom stereocenters. The lowest BCUT2D eigenvalue weighted by Crippen LogP contribution is -2.59. The van der Waals surface area contributed by atoms with Crippen LogP contribution < -0.4 is 0 Å². The van der Waals surface area contributed by atoms with Crippen molar-refractivity contribution in [2.24, 2.45) is 5.92 Å². The maximum Gasteiger partial charge on any atom is 0.188 e. The highest BCUT2D eigenvalue weighted by Gasteiger charge is 2.52. The van der Waals surface area contributed by atoms with Crippen LogP contribution in [0.1, 0.15) is 34.1 Å². The predicted octanol–water partition coefficient (Wildman–Crippen LogP) is 3.10. The van der Waals surface area contributed by atoms with Crippen LogP contribution in [0.4, 0.5) is 13.2 Å². The molecule has 0 aromatic carbocycles. The molecule has 0 bridgehead atoms. The van der Waals surface area contributed by atoms with Crippen LogP contribution in [0.25, 0.3) is 0 Å². The van der Waals surface area contributed by atoms with Crippen molar-refractivity contribution in [3.8, 4) is 0 Å². The third kappa shape index (κ3) is 2.14. The summed E-state index contributed by atoms with van der Waals surface area (Å²) in [5.74, 6) is -0.486. The van der Waals surface area contributed by atoms with Crippen molar-refractivity contribution < 1.29 is 13.2 Å². The summed E-state index contributed by atoms with van der Waals surface area (Å²) in [6.07, 6.45) is -3.77. The average Bonchev–Trinajstić information content (AvgIpc) is 2.13. The molecule has 1 heterocycles. The second-order valence-corrected chi connectivity index (χ2v) is 4.94. The Morgan fingerprint density at radius 2 is 1.73 bits per heavy atom. The first-order chi connectivity index (χ1) is 6.80. The second kappa shape index (κ2) is 4.32. The number of rotatable bonds is 2. The molecule has 1 saturated heterocycles. The van der Waals surface area contributed by atoms with Crippen molar-refractivity contribution in [1.82, 2.24) is 4.90 Å². The molecular weight excluding hydrogens is 203 g/mol. The largest absolute Gasteiger partial charge is 0.269 e. The summed E-state index contributed by atoms with van der Waals surface area (Å²) in [4.78, 5) is 1.38. The maximum atomic E-state index is 14.1. The van der Waals surface area contributed by atoms with E-state index in [0.29, 0.717) is 0 Å². The summed E-state index contributed by atoms with van der Waals surface area (Å²) in [5, 5.41) is 0. The molecule has 15 heavy (non-hydrogen) atoms. The minimum Gasteiger partial charge on any atom is -0.269 e. The van der Waals surface area contributed by atoms with Crippen molar-refractivity contribution in [1.29, 1.82) is 0 Å². The molecule has 0 N–H and O–H groups in total. The van der Waals surface area contributed by atoms with E-state index in [4.69, 9.17) is 0 Å². The Kier molecular flexibility index (Phi) is 3.69. The molecule has 0 aliphatic carbocycles. The topological polar surface area (TPSA) is 3.24 Å². The van der Waals surface area contributed by atoms with E-state index in [1.165, 1.54) is 4.90 Å². The summed E-state index contributed by atoms with van der Waals surface area (Å²) in [7, 11) is 0. The first-order valence-corrected chi connectivity index (χ1v) is 5.53. The molecule has 1 rings (SSSR count). The minimum absolute atomic E-state index is 0.0738. The minimum atomic E-state index is -2.03. The monoisotopic (exact) mass is 223 g/mol. The summed E-state index contributed by atoms with van der Waals surface area (Å²) >= 11 is 0. The molecule has 4 heteroatoms. The Hall–Kier alpha value is -0.250. The highest BCUT2D eigenvalue weighted by molar-refractivity contribution is 4.99. The predicted molar refractivity (Wildman–Crippen MR) is 54.9 cm³/mol. The Morgan fingerprint density at radius 1 is 1.20 bits per heavy atom. The number of alkyl halides is 3. The summed E-state index contributed by atoms with van der Waals surface area (Å²) in [6, 6.07) is -0.0880. The zero-order valence-corrected chi connectivity index (χ0v) is 9.80. The molecule has 90 valence electrons. The highest BCUT2D eigenvalue weighted by Crippen LogP contribution is 2.39. The van der Waals surface area contributed by atoms with Crippen LogP contribution in [0.3, 0.4) is 0 Å². The molecule has 1 aliphatic rings. The quantitative estimate of drug-likeness (QED) is 0.650. The number of piperidine rings is 1. The van der Waals surface area contributed by atoms with Crippen LogP contribution in [0, 0.1) is 5.92 Å². The van der Waals surface area contributed by atoms with E-state index in [1.54, 1.807) is 27.7 Å². The third-order valence-corrected chi connectivity index (χ3v) is 3.39. The fourth-order valence-corrected chi connectivity index (χ4v) is 2.11. The SMILES string of the molecule is CC(C)N1CCC(F)(C(C)C)C(F)C1F. The summed E-state index contributed by atoms with van der Waals surface area (Å²) in [5.41, 5.74) is -2.01. The van der Waals surface area contributed by atoms with Crippen LogP contribution in [-0.2, 0) is 0 Å². The van der Waals surface area contributed by atoms with Crippen molar-refractivity contribution in [2.45, 2.75) is 58.3 Å². The lowest BCUT2D eigenvalue weighted by molar-refractivity contribution is -0.136. The van der Waals surface area contributed by atoms with Gasteiger partial charge in [0.1, 0.15) is 5.67 Å². The molecule has 1 aliphatic heterocycles. The second-order valence-electron chi connectivity index (χ2n) is 4.94. The van der Waals surface area contributed by atoms with Gasteiger partial charge in [0.05, 0.1) is 0 Å². The van der Waals surface area contributed by atoms with E-state index < -0.39 is 24.1 Å². The van der Waals surface area contributed by atoms with Gasteiger partial charge in [0.2, 0.25) is 0 Å². The molecule has 0 aromatic heterocycles. The van der Waals surface area contributed by atoms with Gasteiger partial charge in [0.25, 0.3) is 0 Å². The molecular formula is C11H20F3N. The molecule has 0 spiro atoms. The Balaban J connectivity index is 2.81. The van der Waals surface area contributed by atoms with E-state index in [9.17, 15) is 13.2 Å². The molecule has 1 fully saturated rings. The Labute approximate surface area is 89.6 Å². The van der Waals surface area contributed by atoms with Crippen molar-refractivity contribution in [3.63, 3.8) is 0 Å². The maximum absolute atomic E-state index is 14.1. The van der Waals surface area contributed by atoms with Gasteiger partial charge in [-0.2, -0.15) is 0 Å². The van der Waals surface area contributed by atoms with Crippen molar-refractivity contribution >= 4 is 0 Å². The summed E-state index contributed by atoms with van der Waals surface area (Å²) < 4.78 is 41.5. The fraction of sp³-hybridized carbons (Fsp3) is 1.00. The first-order valence-electron chi connectivity index (χ1n) is 5.53. The lowest BCUT2D eigenvalue weighted by atomic mass is 9.81. The Bertz CT molecular complexity index is 220. The van der Waals surface area contributed by atoms with Crippen LogP contribution in [0.2, 0.25) is 0 Å². The van der Waals surface area contributed by atoms with Crippen LogP contribution >= 0.6 is 0 Å². The number of hydrogen-bond donors (Lipinski definition) is 0. The van der Waals surface area contributed by atoms with Gasteiger partial charge >= 0.3 is 0 Å². The molecule has 3 unspecified atom stereocenters. The third-order valence-electron chi connectivity index (χ3n) is 3.39. The molecule has 0 radical (unpaired) electrons. The van der Waals surface area contributed by atoms with E-state index in [0.717, 1.165) is 0 Å². The number of nitrogens with zero attached hydrogens (tertiary/aromatic N) is 1. The van der Waals surface area contributed by atoms with Crippen molar-refractivity contribution in [3.05, 3.63) is 0 Å². The number of hydrogen-bond acceptors (Lipinski definition) is 1. The highest BCUT2D eigenvalue weighted by atomic mass is 19.2. The number of halogens is 3. The molecule has 0 saturated carbocycles. The first kappa shape index (κ1) is 12.8. The molecule has 0 aromatic rings. The zero-order valence-electron chi connectivity index (χ0n) is 9.80. The van der Waals surface area contributed by atoms with Crippen LogP contribution in [0.5, 0.6) is 0 Å². The van der Waals surface area contributed by atoms with Gasteiger partial charge in [-0.25, -0.2) is 13.2 Å². The van der Waals surface area contributed by atoms with E-state index >= 15 is 0 Å². The van der Waals surface area contributed by atoms with Gasteiger partial charge < -0.3 is 0 Å². The van der Waals surface area contributed by atoms with Crippen LogP contribution in [-0.4, -0.2) is 35.6 Å². The fourth-order valence-electron chi connectivity index (χ4n) is 2.11. The van der Waals surface area contributed by atoms with Gasteiger partial charge in [-0.05, 0) is 26.2 Å². The van der Waals surface area contributed by atoms with Gasteiger partial charge in [-0.1, -0.05) is 13.8 Å². The molecule has 0 amide bonds. The zero-order chi connectivity index (χ0) is 11.8. The standard InChI is InChI=1S/C11H20F3N/c1-7(2)11(14)5-6-15(8(3)4)10(13)9(11)12/h7-10H,5-6H2,1-4H3. The van der Waals surface area contributed by atoms with E-state index in [1.807, 2.05) is 0 Å². The van der Waals surface area contributed by atoms with E-state index in [-0.39, 0.29) is 19.0 Å². The van der Waals surface area contributed by atoms with E-state index in [2.05, 4.69) is 0 Å². The van der Waals surface area contributed by atoms with Crippen molar-refractivity contribution in [2.75, 3.05) is 6.54 Å². The Morgan fingerprint density at radius 3 is 2.13 bits per heavy atom. The van der Waals surface area contributed by atoms with Gasteiger partial charge in [0.15, 0.2) is 12.5 Å². The van der Waals surface area contributed by atoms with Gasteiger partial charge in [-0.15, -0.1) is 0 Å². The normalized spacial score (nSPS) is 39.0. The number of likely N-dealkylation sites (tertiary alicyclic amines) is 1. The lowest BCUT2D eigenvalue weighted by Gasteiger charge is -2.45. The summed E-state index contributed by atoms with van der Waals surface area (Å²) in [6.45, 7) is 7.07. The van der Waals surface area contributed by atoms with Crippen LogP contribution in [0.15, 0.2) is 0 Å². The van der Waals surface area contributed by atoms with Gasteiger partial charge in [0, 0.05) is 12.6 Å². The smallest absolute Gasteiger partial charge is 0.188 e. The molecule has 1 nitrogen and oxygen atoms in total. The average molecular weight is 223 g/mol. The van der Waals surface area contributed by atoms with Gasteiger partial charge in [-0.3, -0.25) is 4.90 Å².